The Hall–Kier alpha value is -1.19. The Kier molecular flexibility index (Phi) is 4.31. The lowest BCUT2D eigenvalue weighted by Crippen LogP contribution is -2.30. The number of hydrogen-bond donors (Lipinski definition) is 1. The second kappa shape index (κ2) is 4.74. The van der Waals surface area contributed by atoms with Gasteiger partial charge in [-0.2, -0.15) is 5.10 Å². The molecular formula is C9H16N2O2. The zero-order valence-corrected chi connectivity index (χ0v) is 8.55. The molecule has 0 saturated heterocycles. The van der Waals surface area contributed by atoms with Crippen molar-refractivity contribution in [3.05, 3.63) is 0 Å². The lowest BCUT2D eigenvalue weighted by Gasteiger charge is -2.05. The summed E-state index contributed by atoms with van der Waals surface area (Å²) in [5.74, 6) is -1.05. The Morgan fingerprint density at radius 1 is 1.31 bits per heavy atom. The molecule has 1 aliphatic rings. The Balaban J connectivity index is 0.000000252. The van der Waals surface area contributed by atoms with Crippen molar-refractivity contribution in [2.75, 3.05) is 0 Å². The van der Waals surface area contributed by atoms with Crippen LogP contribution in [0.15, 0.2) is 5.10 Å². The summed E-state index contributed by atoms with van der Waals surface area (Å²) in [6.07, 6.45) is 1.50. The SMILES string of the molecule is CC(C)(C)C.O=C1CC=NNC1=O. The van der Waals surface area contributed by atoms with E-state index in [2.05, 4.69) is 32.8 Å². The van der Waals surface area contributed by atoms with Crippen LogP contribution in [0.3, 0.4) is 0 Å². The monoisotopic (exact) mass is 184 g/mol. The van der Waals surface area contributed by atoms with Gasteiger partial charge in [-0.15, -0.1) is 0 Å². The average Bonchev–Trinajstić information content (AvgIpc) is 1.92. The van der Waals surface area contributed by atoms with E-state index in [1.54, 1.807) is 0 Å². The van der Waals surface area contributed by atoms with Crippen molar-refractivity contribution >= 4 is 17.9 Å². The number of nitrogens with one attached hydrogen (secondary N) is 1. The van der Waals surface area contributed by atoms with Crippen LogP contribution in [0.5, 0.6) is 0 Å². The van der Waals surface area contributed by atoms with Crippen molar-refractivity contribution in [3.63, 3.8) is 0 Å². The third-order valence-electron chi connectivity index (χ3n) is 0.787. The first-order valence-corrected chi connectivity index (χ1v) is 4.15. The van der Waals surface area contributed by atoms with Gasteiger partial charge in [-0.1, -0.05) is 27.7 Å². The normalized spacial score (nSPS) is 16.0. The van der Waals surface area contributed by atoms with Gasteiger partial charge in [-0.3, -0.25) is 9.59 Å². The van der Waals surface area contributed by atoms with Gasteiger partial charge in [0.2, 0.25) is 5.78 Å². The molecule has 0 saturated carbocycles. The van der Waals surface area contributed by atoms with Crippen molar-refractivity contribution in [1.82, 2.24) is 5.43 Å². The summed E-state index contributed by atoms with van der Waals surface area (Å²) in [7, 11) is 0. The standard InChI is InChI=1S/C5H12.C4H4N2O2/c1-5(2,3)4;7-3-1-2-5-6-4(3)8/h1-4H3;2H,1H2,(H,6,8). The molecule has 4 heteroatoms. The van der Waals surface area contributed by atoms with Gasteiger partial charge in [0, 0.05) is 6.21 Å². The molecule has 0 aromatic rings. The molecule has 1 heterocycles. The highest BCUT2D eigenvalue weighted by Crippen LogP contribution is 2.08. The van der Waals surface area contributed by atoms with Gasteiger partial charge in [-0.05, 0) is 5.41 Å². The summed E-state index contributed by atoms with van der Waals surface area (Å²) < 4.78 is 0. The molecule has 0 atom stereocenters. The lowest BCUT2D eigenvalue weighted by atomic mass is 10.0. The van der Waals surface area contributed by atoms with Gasteiger partial charge in [0.15, 0.2) is 0 Å². The Labute approximate surface area is 78.4 Å². The molecule has 0 unspecified atom stereocenters. The number of hydrogen-bond acceptors (Lipinski definition) is 3. The number of rotatable bonds is 0. The molecule has 0 fully saturated rings. The van der Waals surface area contributed by atoms with E-state index in [1.807, 2.05) is 5.43 Å². The molecule has 0 spiro atoms. The van der Waals surface area contributed by atoms with E-state index in [-0.39, 0.29) is 6.42 Å². The van der Waals surface area contributed by atoms with Gasteiger partial charge in [0.1, 0.15) is 0 Å². The highest BCUT2D eigenvalue weighted by Gasteiger charge is 2.13. The molecule has 0 aromatic heterocycles. The molecule has 1 amide bonds. The highest BCUT2D eigenvalue weighted by molar-refractivity contribution is 6.39. The fourth-order valence-corrected chi connectivity index (χ4v) is 0.388. The zero-order valence-electron chi connectivity index (χ0n) is 8.55. The minimum atomic E-state index is -0.618. The molecule has 0 aromatic carbocycles. The van der Waals surface area contributed by atoms with E-state index in [9.17, 15) is 9.59 Å². The van der Waals surface area contributed by atoms with Crippen LogP contribution in [0, 0.1) is 5.41 Å². The smallest absolute Gasteiger partial charge is 0.288 e. The number of Topliss-reactive ketones (excluding diaryl/α,β-unsaturated/α-hetero) is 1. The second-order valence-corrected chi connectivity index (χ2v) is 4.38. The van der Waals surface area contributed by atoms with E-state index in [4.69, 9.17) is 0 Å². The van der Waals surface area contributed by atoms with Crippen LogP contribution in [0.25, 0.3) is 0 Å². The average molecular weight is 184 g/mol. The summed E-state index contributed by atoms with van der Waals surface area (Å²) in [4.78, 5) is 20.5. The first kappa shape index (κ1) is 11.8. The minimum Gasteiger partial charge on any atom is -0.288 e. The van der Waals surface area contributed by atoms with Gasteiger partial charge in [0.05, 0.1) is 6.42 Å². The summed E-state index contributed by atoms with van der Waals surface area (Å²) in [6, 6.07) is 0. The summed E-state index contributed by atoms with van der Waals surface area (Å²) >= 11 is 0. The first-order chi connectivity index (χ1) is 5.80. The molecule has 4 nitrogen and oxygen atoms in total. The fourth-order valence-electron chi connectivity index (χ4n) is 0.388. The van der Waals surface area contributed by atoms with Crippen LogP contribution < -0.4 is 5.43 Å². The molecule has 1 N–H and O–H groups in total. The van der Waals surface area contributed by atoms with Gasteiger partial charge < -0.3 is 0 Å². The molecule has 0 bridgehead atoms. The molecular weight excluding hydrogens is 168 g/mol. The van der Waals surface area contributed by atoms with Crippen LogP contribution in [-0.4, -0.2) is 17.9 Å². The van der Waals surface area contributed by atoms with E-state index in [0.29, 0.717) is 5.41 Å². The van der Waals surface area contributed by atoms with Crippen LogP contribution in [0.4, 0.5) is 0 Å². The third-order valence-corrected chi connectivity index (χ3v) is 0.787. The Morgan fingerprint density at radius 2 is 1.77 bits per heavy atom. The Morgan fingerprint density at radius 3 is 2.00 bits per heavy atom. The van der Waals surface area contributed by atoms with Crippen LogP contribution in [-0.2, 0) is 9.59 Å². The Bertz CT molecular complexity index is 202. The van der Waals surface area contributed by atoms with E-state index >= 15 is 0 Å². The largest absolute Gasteiger partial charge is 0.307 e. The number of nitrogens with zero attached hydrogens (tertiary/aromatic N) is 1. The molecule has 1 rings (SSSR count). The lowest BCUT2D eigenvalue weighted by molar-refractivity contribution is -0.137. The van der Waals surface area contributed by atoms with E-state index in [1.165, 1.54) is 6.21 Å². The molecule has 0 radical (unpaired) electrons. The topological polar surface area (TPSA) is 58.5 Å². The van der Waals surface area contributed by atoms with Crippen molar-refractivity contribution in [2.24, 2.45) is 10.5 Å². The number of carbonyl (C=O) groups is 2. The maximum Gasteiger partial charge on any atom is 0.307 e. The summed E-state index contributed by atoms with van der Waals surface area (Å²) in [6.45, 7) is 8.75. The molecule has 13 heavy (non-hydrogen) atoms. The van der Waals surface area contributed by atoms with Crippen molar-refractivity contribution in [1.29, 1.82) is 0 Å². The maximum atomic E-state index is 10.3. The third kappa shape index (κ3) is 8.72. The quantitative estimate of drug-likeness (QED) is 0.573. The summed E-state index contributed by atoms with van der Waals surface area (Å²) in [5, 5.41) is 3.36. The number of carbonyl (C=O) groups excluding carboxylic acids is 2. The van der Waals surface area contributed by atoms with E-state index < -0.39 is 11.7 Å². The van der Waals surface area contributed by atoms with Gasteiger partial charge in [0.25, 0.3) is 0 Å². The zero-order chi connectivity index (χ0) is 10.5. The van der Waals surface area contributed by atoms with Crippen LogP contribution in [0.2, 0.25) is 0 Å². The molecule has 0 aliphatic carbocycles. The highest BCUT2D eigenvalue weighted by atomic mass is 16.2. The second-order valence-electron chi connectivity index (χ2n) is 4.38. The predicted octanol–water partition coefficient (Wildman–Crippen LogP) is 1.11. The minimum absolute atomic E-state index is 0.131. The molecule has 74 valence electrons. The van der Waals surface area contributed by atoms with Gasteiger partial charge >= 0.3 is 5.91 Å². The van der Waals surface area contributed by atoms with Crippen molar-refractivity contribution < 1.29 is 9.59 Å². The van der Waals surface area contributed by atoms with E-state index in [0.717, 1.165) is 0 Å². The van der Waals surface area contributed by atoms with Crippen LogP contribution in [0.1, 0.15) is 34.1 Å². The van der Waals surface area contributed by atoms with Gasteiger partial charge in [-0.25, -0.2) is 5.43 Å². The summed E-state index contributed by atoms with van der Waals surface area (Å²) in [5.41, 5.74) is 2.51. The predicted molar refractivity (Wildman–Crippen MR) is 51.4 cm³/mol. The first-order valence-electron chi connectivity index (χ1n) is 4.15. The number of amides is 1. The number of ketones is 1. The van der Waals surface area contributed by atoms with Crippen molar-refractivity contribution in [3.8, 4) is 0 Å². The fraction of sp³-hybridized carbons (Fsp3) is 0.667. The number of hydrazone groups is 1. The maximum absolute atomic E-state index is 10.3. The molecule has 1 aliphatic heterocycles. The van der Waals surface area contributed by atoms with Crippen molar-refractivity contribution in [2.45, 2.75) is 34.1 Å². The van der Waals surface area contributed by atoms with Crippen LogP contribution >= 0.6 is 0 Å².